The van der Waals surface area contributed by atoms with Crippen LogP contribution in [0.1, 0.15) is 45.4 Å². The zero-order chi connectivity index (χ0) is 19.2. The van der Waals surface area contributed by atoms with E-state index in [-0.39, 0.29) is 0 Å². The van der Waals surface area contributed by atoms with Gasteiger partial charge in [-0.1, -0.05) is 39.0 Å². The van der Waals surface area contributed by atoms with Crippen molar-refractivity contribution < 1.29 is 19.0 Å². The SMILES string of the molecule is CCCCCCCCOc1ccc(NC(=O)OCCN2CCOCC2)cc1. The molecule has 0 bridgehead atoms. The minimum absolute atomic E-state index is 0.380. The fourth-order valence-corrected chi connectivity index (χ4v) is 2.95. The molecule has 1 aliphatic heterocycles. The number of nitrogens with zero attached hydrogens (tertiary/aromatic N) is 1. The predicted octanol–water partition coefficient (Wildman–Crippen LogP) is 4.31. The normalized spacial score (nSPS) is 14.7. The molecule has 0 aliphatic carbocycles. The van der Waals surface area contributed by atoms with Gasteiger partial charge in [-0.25, -0.2) is 4.79 Å². The van der Waals surface area contributed by atoms with E-state index < -0.39 is 6.09 Å². The molecule has 1 aromatic rings. The highest BCUT2D eigenvalue weighted by atomic mass is 16.5. The van der Waals surface area contributed by atoms with Gasteiger partial charge in [-0.3, -0.25) is 10.2 Å². The highest BCUT2D eigenvalue weighted by Gasteiger charge is 2.11. The lowest BCUT2D eigenvalue weighted by Gasteiger charge is -2.26. The summed E-state index contributed by atoms with van der Waals surface area (Å²) in [5, 5.41) is 2.74. The Bertz CT molecular complexity index is 515. The maximum Gasteiger partial charge on any atom is 0.411 e. The second-order valence-corrected chi connectivity index (χ2v) is 6.86. The minimum Gasteiger partial charge on any atom is -0.494 e. The van der Waals surface area contributed by atoms with Gasteiger partial charge in [0.05, 0.1) is 19.8 Å². The van der Waals surface area contributed by atoms with Crippen molar-refractivity contribution in [2.24, 2.45) is 0 Å². The number of unbranched alkanes of at least 4 members (excludes halogenated alkanes) is 5. The van der Waals surface area contributed by atoms with Crippen LogP contribution in [-0.2, 0) is 9.47 Å². The van der Waals surface area contributed by atoms with E-state index in [1.165, 1.54) is 32.1 Å². The smallest absolute Gasteiger partial charge is 0.411 e. The molecule has 2 rings (SSSR count). The van der Waals surface area contributed by atoms with E-state index in [0.29, 0.717) is 12.3 Å². The standard InChI is InChI=1S/C21H34N2O4/c1-2-3-4-5-6-7-15-26-20-10-8-19(9-11-20)22-21(24)27-18-14-23-12-16-25-17-13-23/h8-11H,2-7,12-18H2,1H3,(H,22,24). The van der Waals surface area contributed by atoms with Crippen molar-refractivity contribution in [2.75, 3.05) is 51.4 Å². The molecule has 1 saturated heterocycles. The summed E-state index contributed by atoms with van der Waals surface area (Å²) in [4.78, 5) is 14.1. The van der Waals surface area contributed by atoms with Crippen molar-refractivity contribution in [2.45, 2.75) is 45.4 Å². The van der Waals surface area contributed by atoms with E-state index in [1.54, 1.807) is 0 Å². The van der Waals surface area contributed by atoms with Crippen molar-refractivity contribution in [3.05, 3.63) is 24.3 Å². The zero-order valence-corrected chi connectivity index (χ0v) is 16.6. The lowest BCUT2D eigenvalue weighted by atomic mass is 10.1. The Balaban J connectivity index is 1.55. The molecule has 0 aromatic heterocycles. The number of rotatable bonds is 12. The molecule has 0 spiro atoms. The molecule has 1 fully saturated rings. The highest BCUT2D eigenvalue weighted by Crippen LogP contribution is 2.16. The zero-order valence-electron chi connectivity index (χ0n) is 16.6. The van der Waals surface area contributed by atoms with Crippen LogP contribution in [0.4, 0.5) is 10.5 Å². The van der Waals surface area contributed by atoms with Crippen LogP contribution >= 0.6 is 0 Å². The third-order valence-corrected chi connectivity index (χ3v) is 4.61. The van der Waals surface area contributed by atoms with Gasteiger partial charge in [-0.05, 0) is 30.7 Å². The summed E-state index contributed by atoms with van der Waals surface area (Å²) in [6, 6.07) is 7.42. The van der Waals surface area contributed by atoms with Gasteiger partial charge in [-0.2, -0.15) is 0 Å². The lowest BCUT2D eigenvalue weighted by Crippen LogP contribution is -2.38. The first-order chi connectivity index (χ1) is 13.3. The fraction of sp³-hybridized carbons (Fsp3) is 0.667. The number of hydrogen-bond acceptors (Lipinski definition) is 5. The Morgan fingerprint density at radius 2 is 1.74 bits per heavy atom. The third-order valence-electron chi connectivity index (χ3n) is 4.61. The van der Waals surface area contributed by atoms with Gasteiger partial charge in [0.1, 0.15) is 12.4 Å². The molecule has 1 N–H and O–H groups in total. The van der Waals surface area contributed by atoms with Gasteiger partial charge in [-0.15, -0.1) is 0 Å². The minimum atomic E-state index is -0.427. The Labute approximate surface area is 163 Å². The molecule has 6 heteroatoms. The molecule has 1 amide bonds. The van der Waals surface area contributed by atoms with E-state index >= 15 is 0 Å². The van der Waals surface area contributed by atoms with Crippen molar-refractivity contribution >= 4 is 11.8 Å². The summed E-state index contributed by atoms with van der Waals surface area (Å²) >= 11 is 0. The van der Waals surface area contributed by atoms with Crippen LogP contribution in [0.2, 0.25) is 0 Å². The number of anilines is 1. The van der Waals surface area contributed by atoms with Crippen LogP contribution in [-0.4, -0.2) is 57.1 Å². The van der Waals surface area contributed by atoms with Crippen LogP contribution in [0.3, 0.4) is 0 Å². The van der Waals surface area contributed by atoms with Crippen LogP contribution in [0.15, 0.2) is 24.3 Å². The van der Waals surface area contributed by atoms with Crippen molar-refractivity contribution in [1.82, 2.24) is 4.90 Å². The fourth-order valence-electron chi connectivity index (χ4n) is 2.95. The van der Waals surface area contributed by atoms with E-state index in [4.69, 9.17) is 14.2 Å². The molecule has 1 heterocycles. The average Bonchev–Trinajstić information content (AvgIpc) is 2.69. The molecule has 6 nitrogen and oxygen atoms in total. The number of morpholine rings is 1. The molecule has 0 atom stereocenters. The first kappa shape index (κ1) is 21.5. The monoisotopic (exact) mass is 378 g/mol. The second-order valence-electron chi connectivity index (χ2n) is 6.86. The molecule has 0 radical (unpaired) electrons. The summed E-state index contributed by atoms with van der Waals surface area (Å²) in [5.41, 5.74) is 0.707. The van der Waals surface area contributed by atoms with Gasteiger partial charge in [0.25, 0.3) is 0 Å². The van der Waals surface area contributed by atoms with Crippen molar-refractivity contribution in [1.29, 1.82) is 0 Å². The number of benzene rings is 1. The largest absolute Gasteiger partial charge is 0.494 e. The number of carbonyl (C=O) groups excluding carboxylic acids is 1. The molecular weight excluding hydrogens is 344 g/mol. The summed E-state index contributed by atoms with van der Waals surface area (Å²) < 4.78 is 16.3. The van der Waals surface area contributed by atoms with Gasteiger partial charge in [0.2, 0.25) is 0 Å². The highest BCUT2D eigenvalue weighted by molar-refractivity contribution is 5.84. The van der Waals surface area contributed by atoms with E-state index in [0.717, 1.165) is 51.6 Å². The summed E-state index contributed by atoms with van der Waals surface area (Å²) in [6.07, 6.45) is 7.08. The third kappa shape index (κ3) is 9.63. The summed E-state index contributed by atoms with van der Waals surface area (Å²) in [5.74, 6) is 0.829. The number of amides is 1. The number of hydrogen-bond donors (Lipinski definition) is 1. The average molecular weight is 379 g/mol. The Hall–Kier alpha value is -1.79. The van der Waals surface area contributed by atoms with Crippen molar-refractivity contribution in [3.8, 4) is 5.75 Å². The van der Waals surface area contributed by atoms with Gasteiger partial charge >= 0.3 is 6.09 Å². The number of carbonyl (C=O) groups is 1. The molecular formula is C21H34N2O4. The molecule has 1 aliphatic rings. The number of ether oxygens (including phenoxy) is 3. The van der Waals surface area contributed by atoms with Gasteiger partial charge in [0.15, 0.2) is 0 Å². The van der Waals surface area contributed by atoms with E-state index in [1.807, 2.05) is 24.3 Å². The summed E-state index contributed by atoms with van der Waals surface area (Å²) in [6.45, 7) is 7.37. The van der Waals surface area contributed by atoms with Crippen LogP contribution in [0.5, 0.6) is 5.75 Å². The molecule has 0 unspecified atom stereocenters. The Morgan fingerprint density at radius 3 is 2.48 bits per heavy atom. The molecule has 0 saturated carbocycles. The van der Waals surface area contributed by atoms with Crippen LogP contribution in [0.25, 0.3) is 0 Å². The summed E-state index contributed by atoms with van der Waals surface area (Å²) in [7, 11) is 0. The molecule has 1 aromatic carbocycles. The van der Waals surface area contributed by atoms with Crippen LogP contribution in [0, 0.1) is 0 Å². The number of nitrogens with one attached hydrogen (secondary N) is 1. The molecule has 152 valence electrons. The topological polar surface area (TPSA) is 60.0 Å². The second kappa shape index (κ2) is 13.4. The van der Waals surface area contributed by atoms with Gasteiger partial charge < -0.3 is 14.2 Å². The maximum absolute atomic E-state index is 11.9. The Kier molecular flexibility index (Phi) is 10.7. The predicted molar refractivity (Wildman–Crippen MR) is 108 cm³/mol. The Morgan fingerprint density at radius 1 is 1.04 bits per heavy atom. The van der Waals surface area contributed by atoms with Crippen molar-refractivity contribution in [3.63, 3.8) is 0 Å². The van der Waals surface area contributed by atoms with E-state index in [9.17, 15) is 4.79 Å². The quantitative estimate of drug-likeness (QED) is 0.549. The maximum atomic E-state index is 11.9. The first-order valence-corrected chi connectivity index (χ1v) is 10.2. The lowest BCUT2D eigenvalue weighted by molar-refractivity contribution is 0.0290. The van der Waals surface area contributed by atoms with E-state index in [2.05, 4.69) is 17.1 Å². The first-order valence-electron chi connectivity index (χ1n) is 10.2. The molecule has 27 heavy (non-hydrogen) atoms. The van der Waals surface area contributed by atoms with Crippen LogP contribution < -0.4 is 10.1 Å². The van der Waals surface area contributed by atoms with Gasteiger partial charge in [0, 0.05) is 25.3 Å².